The van der Waals surface area contributed by atoms with Gasteiger partial charge in [0.15, 0.2) is 5.13 Å². The summed E-state index contributed by atoms with van der Waals surface area (Å²) in [6.07, 6.45) is 0. The van der Waals surface area contributed by atoms with Crippen LogP contribution in [-0.4, -0.2) is 41.3 Å². The Kier molecular flexibility index (Phi) is 5.15. The van der Waals surface area contributed by atoms with Gasteiger partial charge >= 0.3 is 0 Å². The molecule has 2 aromatic rings. The molecule has 7 heteroatoms. The van der Waals surface area contributed by atoms with Crippen molar-refractivity contribution < 1.29 is 9.59 Å². The predicted octanol–water partition coefficient (Wildman–Crippen LogP) is 2.38. The van der Waals surface area contributed by atoms with E-state index in [0.717, 1.165) is 29.1 Å². The monoisotopic (exact) mass is 358 g/mol. The number of aromatic nitrogens is 1. The molecule has 1 fully saturated rings. The molecule has 1 aliphatic heterocycles. The van der Waals surface area contributed by atoms with Crippen LogP contribution in [0.4, 0.5) is 10.8 Å². The van der Waals surface area contributed by atoms with Crippen LogP contribution in [0.3, 0.4) is 0 Å². The fourth-order valence-electron chi connectivity index (χ4n) is 3.07. The zero-order valence-electron chi connectivity index (χ0n) is 14.7. The van der Waals surface area contributed by atoms with Gasteiger partial charge in [-0.2, -0.15) is 0 Å². The molecule has 0 saturated carbocycles. The average Bonchev–Trinajstić information content (AvgIpc) is 2.98. The number of carbonyl (C=O) groups is 2. The van der Waals surface area contributed by atoms with Crippen LogP contribution in [0.2, 0.25) is 0 Å². The van der Waals surface area contributed by atoms with Crippen molar-refractivity contribution in [1.82, 2.24) is 15.2 Å². The Balaban J connectivity index is 1.85. The summed E-state index contributed by atoms with van der Waals surface area (Å²) in [5, 5.41) is 5.45. The van der Waals surface area contributed by atoms with Gasteiger partial charge in [0.1, 0.15) is 0 Å². The van der Waals surface area contributed by atoms with Crippen molar-refractivity contribution in [3.05, 3.63) is 40.4 Å². The molecule has 0 radical (unpaired) electrons. The maximum atomic E-state index is 12.3. The van der Waals surface area contributed by atoms with E-state index in [9.17, 15) is 9.59 Å². The molecule has 0 bridgehead atoms. The Morgan fingerprint density at radius 1 is 1.36 bits per heavy atom. The van der Waals surface area contributed by atoms with Crippen LogP contribution in [-0.2, 0) is 16.1 Å². The third-order valence-corrected chi connectivity index (χ3v) is 5.09. The second-order valence-electron chi connectivity index (χ2n) is 6.28. The van der Waals surface area contributed by atoms with Crippen molar-refractivity contribution >= 4 is 34.0 Å². The van der Waals surface area contributed by atoms with Crippen molar-refractivity contribution in [2.75, 3.05) is 24.5 Å². The fourth-order valence-corrected chi connectivity index (χ4v) is 3.94. The first-order chi connectivity index (χ1) is 12.0. The number of benzene rings is 1. The van der Waals surface area contributed by atoms with E-state index in [4.69, 9.17) is 0 Å². The Hall–Kier alpha value is -2.25. The number of carbonyl (C=O) groups excluding carboxylic acids is 2. The van der Waals surface area contributed by atoms with Gasteiger partial charge in [-0.25, -0.2) is 4.98 Å². The maximum Gasteiger partial charge on any atom is 0.234 e. The van der Waals surface area contributed by atoms with E-state index in [1.165, 1.54) is 11.3 Å². The summed E-state index contributed by atoms with van der Waals surface area (Å²) in [5.41, 5.74) is 3.86. The van der Waals surface area contributed by atoms with Gasteiger partial charge in [0.25, 0.3) is 0 Å². The first-order valence-electron chi connectivity index (χ1n) is 8.26. The zero-order chi connectivity index (χ0) is 18.0. The summed E-state index contributed by atoms with van der Waals surface area (Å²) >= 11 is 1.45. The first-order valence-corrected chi connectivity index (χ1v) is 9.14. The lowest BCUT2D eigenvalue weighted by molar-refractivity contribution is -0.124. The van der Waals surface area contributed by atoms with Gasteiger partial charge in [-0.15, -0.1) is 11.3 Å². The zero-order valence-corrected chi connectivity index (χ0v) is 15.5. The van der Waals surface area contributed by atoms with Gasteiger partial charge < -0.3 is 5.32 Å². The lowest BCUT2D eigenvalue weighted by atomic mass is 10.1. The predicted molar refractivity (Wildman–Crippen MR) is 99.1 cm³/mol. The van der Waals surface area contributed by atoms with E-state index < -0.39 is 0 Å². The number of thiazole rings is 1. The van der Waals surface area contributed by atoms with Gasteiger partial charge in [0.05, 0.1) is 17.9 Å². The number of hydrogen-bond acceptors (Lipinski definition) is 5. The highest BCUT2D eigenvalue weighted by molar-refractivity contribution is 7.14. The Morgan fingerprint density at radius 2 is 2.08 bits per heavy atom. The molecule has 1 aromatic carbocycles. The van der Waals surface area contributed by atoms with Crippen LogP contribution in [0.5, 0.6) is 0 Å². The largest absolute Gasteiger partial charge is 0.354 e. The molecule has 0 aliphatic carbocycles. The standard InChI is InChI=1S/C18H22N4O2S/c1-12-5-4-6-13(2)17(12)22(14(3)23)18-20-15(11-25-18)9-21-8-7-19-16(24)10-21/h4-6,11H,7-10H2,1-3H3,(H,19,24). The summed E-state index contributed by atoms with van der Waals surface area (Å²) in [4.78, 5) is 32.2. The Morgan fingerprint density at radius 3 is 2.72 bits per heavy atom. The van der Waals surface area contributed by atoms with Gasteiger partial charge in [0, 0.05) is 31.9 Å². The first kappa shape index (κ1) is 17.6. The van der Waals surface area contributed by atoms with Crippen LogP contribution in [0.15, 0.2) is 23.6 Å². The fraction of sp³-hybridized carbons (Fsp3) is 0.389. The number of rotatable bonds is 4. The van der Waals surface area contributed by atoms with E-state index in [2.05, 4.69) is 15.2 Å². The van der Waals surface area contributed by atoms with Gasteiger partial charge in [-0.3, -0.25) is 19.4 Å². The number of nitrogens with one attached hydrogen (secondary N) is 1. The normalized spacial score (nSPS) is 15.1. The maximum absolute atomic E-state index is 12.3. The van der Waals surface area contributed by atoms with Gasteiger partial charge in [0.2, 0.25) is 11.8 Å². The molecular formula is C18H22N4O2S. The number of piperazine rings is 1. The summed E-state index contributed by atoms with van der Waals surface area (Å²) in [5.74, 6) is -0.0155. The summed E-state index contributed by atoms with van der Waals surface area (Å²) in [6, 6.07) is 5.99. The highest BCUT2D eigenvalue weighted by atomic mass is 32.1. The van der Waals surface area contributed by atoms with Crippen molar-refractivity contribution in [3.8, 4) is 0 Å². The Bertz CT molecular complexity index is 782. The molecule has 3 rings (SSSR count). The summed E-state index contributed by atoms with van der Waals surface area (Å²) in [7, 11) is 0. The van der Waals surface area contributed by atoms with E-state index in [0.29, 0.717) is 24.8 Å². The lowest BCUT2D eigenvalue weighted by Gasteiger charge is -2.25. The van der Waals surface area contributed by atoms with Crippen molar-refractivity contribution in [1.29, 1.82) is 0 Å². The van der Waals surface area contributed by atoms with E-state index in [1.807, 2.05) is 37.4 Å². The molecule has 132 valence electrons. The minimum atomic E-state index is -0.0596. The second kappa shape index (κ2) is 7.33. The van der Waals surface area contributed by atoms with E-state index in [1.54, 1.807) is 11.8 Å². The molecule has 1 aliphatic rings. The van der Waals surface area contributed by atoms with Crippen molar-refractivity contribution in [2.45, 2.75) is 27.3 Å². The molecule has 6 nitrogen and oxygen atoms in total. The molecule has 0 atom stereocenters. The quantitative estimate of drug-likeness (QED) is 0.911. The number of anilines is 2. The molecule has 25 heavy (non-hydrogen) atoms. The topological polar surface area (TPSA) is 65.5 Å². The molecule has 1 aromatic heterocycles. The third kappa shape index (κ3) is 3.88. The number of para-hydroxylation sites is 1. The van der Waals surface area contributed by atoms with Gasteiger partial charge in [-0.1, -0.05) is 18.2 Å². The van der Waals surface area contributed by atoms with Crippen molar-refractivity contribution in [2.24, 2.45) is 0 Å². The average molecular weight is 358 g/mol. The molecule has 1 N–H and O–H groups in total. The van der Waals surface area contributed by atoms with Crippen LogP contribution in [0.25, 0.3) is 0 Å². The lowest BCUT2D eigenvalue weighted by Crippen LogP contribution is -2.47. The number of hydrogen-bond donors (Lipinski definition) is 1. The summed E-state index contributed by atoms with van der Waals surface area (Å²) < 4.78 is 0. The minimum absolute atomic E-state index is 0.0441. The highest BCUT2D eigenvalue weighted by Gasteiger charge is 2.22. The van der Waals surface area contributed by atoms with Crippen molar-refractivity contribution in [3.63, 3.8) is 0 Å². The second-order valence-corrected chi connectivity index (χ2v) is 7.11. The smallest absolute Gasteiger partial charge is 0.234 e. The molecule has 2 amide bonds. The number of aryl methyl sites for hydroxylation is 2. The van der Waals surface area contributed by atoms with E-state index >= 15 is 0 Å². The van der Waals surface area contributed by atoms with Crippen LogP contribution in [0, 0.1) is 13.8 Å². The SMILES string of the molecule is CC(=O)N(c1nc(CN2CCNC(=O)C2)cs1)c1c(C)cccc1C. The number of nitrogens with zero attached hydrogens (tertiary/aromatic N) is 3. The van der Waals surface area contributed by atoms with Crippen LogP contribution in [0.1, 0.15) is 23.7 Å². The third-order valence-electron chi connectivity index (χ3n) is 4.21. The van der Waals surface area contributed by atoms with Crippen LogP contribution >= 0.6 is 11.3 Å². The summed E-state index contributed by atoms with van der Waals surface area (Å²) in [6.45, 7) is 8.03. The minimum Gasteiger partial charge on any atom is -0.354 e. The molecular weight excluding hydrogens is 336 g/mol. The van der Waals surface area contributed by atoms with E-state index in [-0.39, 0.29) is 11.8 Å². The van der Waals surface area contributed by atoms with Crippen LogP contribution < -0.4 is 10.2 Å². The molecule has 1 saturated heterocycles. The molecule has 0 unspecified atom stereocenters. The number of amides is 2. The molecule has 0 spiro atoms. The van der Waals surface area contributed by atoms with Gasteiger partial charge in [-0.05, 0) is 25.0 Å². The molecule has 2 heterocycles. The highest BCUT2D eigenvalue weighted by Crippen LogP contribution is 2.33. The Labute approximate surface area is 151 Å².